The number of carbonyl (C=O) groups is 1. The molecule has 1 aliphatic carbocycles. The Balaban J connectivity index is 1.48. The van der Waals surface area contributed by atoms with Crippen LogP contribution in [0.4, 0.5) is 0 Å². The Labute approximate surface area is 150 Å². The first-order chi connectivity index (χ1) is 12.0. The maximum atomic E-state index is 12.1. The van der Waals surface area contributed by atoms with E-state index >= 15 is 0 Å². The molecule has 138 valence electrons. The quantitative estimate of drug-likeness (QED) is 0.857. The van der Waals surface area contributed by atoms with Crippen molar-refractivity contribution < 1.29 is 14.6 Å². The summed E-state index contributed by atoms with van der Waals surface area (Å²) in [7, 11) is 0. The molecule has 1 aromatic carbocycles. The molecule has 4 atom stereocenters. The molecule has 5 heteroatoms. The van der Waals surface area contributed by atoms with Crippen LogP contribution in [0.2, 0.25) is 0 Å². The van der Waals surface area contributed by atoms with Crippen LogP contribution in [-0.4, -0.2) is 47.3 Å². The number of hydrogen-bond donors (Lipinski definition) is 2. The van der Waals surface area contributed by atoms with Crippen LogP contribution in [0.15, 0.2) is 24.3 Å². The highest BCUT2D eigenvalue weighted by atomic mass is 16.5. The van der Waals surface area contributed by atoms with Gasteiger partial charge < -0.3 is 15.2 Å². The number of rotatable bonds is 5. The molecule has 1 heterocycles. The largest absolute Gasteiger partial charge is 0.392 e. The number of nitrogens with one attached hydrogen (secondary N) is 1. The van der Waals surface area contributed by atoms with E-state index in [1.54, 1.807) is 0 Å². The molecule has 1 saturated heterocycles. The Morgan fingerprint density at radius 2 is 1.80 bits per heavy atom. The normalized spacial score (nSPS) is 30.4. The van der Waals surface area contributed by atoms with Crippen molar-refractivity contribution in [1.29, 1.82) is 0 Å². The van der Waals surface area contributed by atoms with Crippen molar-refractivity contribution in [2.45, 2.75) is 64.5 Å². The molecular weight excluding hydrogens is 316 g/mol. The second kappa shape index (κ2) is 8.30. The van der Waals surface area contributed by atoms with Crippen LogP contribution in [-0.2, 0) is 22.6 Å². The molecular formula is C20H30N2O3. The van der Waals surface area contributed by atoms with Crippen LogP contribution in [0, 0.1) is 5.92 Å². The Morgan fingerprint density at radius 1 is 1.16 bits per heavy atom. The molecule has 0 spiro atoms. The van der Waals surface area contributed by atoms with Crippen molar-refractivity contribution in [3.05, 3.63) is 35.4 Å². The van der Waals surface area contributed by atoms with Crippen LogP contribution in [0.1, 0.15) is 44.2 Å². The van der Waals surface area contributed by atoms with E-state index < -0.39 is 6.10 Å². The number of aliphatic hydroxyl groups is 1. The van der Waals surface area contributed by atoms with Crippen molar-refractivity contribution >= 4 is 5.91 Å². The third-order valence-electron chi connectivity index (χ3n) is 5.21. The third-order valence-corrected chi connectivity index (χ3v) is 5.21. The summed E-state index contributed by atoms with van der Waals surface area (Å²) in [4.78, 5) is 14.6. The van der Waals surface area contributed by atoms with Crippen LogP contribution >= 0.6 is 0 Å². The summed E-state index contributed by atoms with van der Waals surface area (Å²) in [6.07, 6.45) is 2.56. The average molecular weight is 346 g/mol. The summed E-state index contributed by atoms with van der Waals surface area (Å²) >= 11 is 0. The van der Waals surface area contributed by atoms with Gasteiger partial charge in [0.1, 0.15) is 0 Å². The highest BCUT2D eigenvalue weighted by Gasteiger charge is 2.31. The molecule has 5 nitrogen and oxygen atoms in total. The fraction of sp³-hybridized carbons (Fsp3) is 0.650. The van der Waals surface area contributed by atoms with E-state index in [0.717, 1.165) is 44.5 Å². The highest BCUT2D eigenvalue weighted by Crippen LogP contribution is 2.25. The van der Waals surface area contributed by atoms with Gasteiger partial charge in [-0.15, -0.1) is 0 Å². The smallest absolute Gasteiger partial charge is 0.225 e. The monoisotopic (exact) mass is 346 g/mol. The molecule has 1 aromatic rings. The molecule has 0 bridgehead atoms. The Morgan fingerprint density at radius 3 is 2.40 bits per heavy atom. The third kappa shape index (κ3) is 5.03. The maximum absolute atomic E-state index is 12.1. The summed E-state index contributed by atoms with van der Waals surface area (Å²) in [5.74, 6) is -0.255. The second-order valence-electron chi connectivity index (χ2n) is 7.59. The lowest BCUT2D eigenvalue weighted by Crippen LogP contribution is -2.44. The molecule has 4 unspecified atom stereocenters. The number of morpholine rings is 1. The number of carbonyl (C=O) groups excluding carboxylic acids is 1. The minimum absolute atomic E-state index is 0.0228. The van der Waals surface area contributed by atoms with Gasteiger partial charge in [-0.3, -0.25) is 9.69 Å². The van der Waals surface area contributed by atoms with E-state index in [2.05, 4.69) is 48.3 Å². The lowest BCUT2D eigenvalue weighted by molar-refractivity contribution is -0.127. The van der Waals surface area contributed by atoms with Crippen LogP contribution < -0.4 is 5.32 Å². The minimum atomic E-state index is -0.472. The minimum Gasteiger partial charge on any atom is -0.392 e. The van der Waals surface area contributed by atoms with Crippen molar-refractivity contribution in [2.24, 2.45) is 5.92 Å². The van der Waals surface area contributed by atoms with Gasteiger partial charge >= 0.3 is 0 Å². The van der Waals surface area contributed by atoms with E-state index in [4.69, 9.17) is 4.74 Å². The summed E-state index contributed by atoms with van der Waals surface area (Å²) in [6.45, 7) is 7.62. The number of benzene rings is 1. The van der Waals surface area contributed by atoms with E-state index in [0.29, 0.717) is 6.54 Å². The zero-order valence-electron chi connectivity index (χ0n) is 15.3. The Bertz CT molecular complexity index is 565. The van der Waals surface area contributed by atoms with Crippen molar-refractivity contribution in [2.75, 3.05) is 13.1 Å². The number of amides is 1. The standard InChI is InChI=1S/C20H30N2O3/c1-14-11-22(12-15(2)25-14)13-17-8-6-16(7-9-17)10-21-20(24)18-4-3-5-19(18)23/h6-9,14-15,18-19,23H,3-5,10-13H2,1-2H3,(H,21,24). The van der Waals surface area contributed by atoms with Gasteiger partial charge in [0.25, 0.3) is 0 Å². The van der Waals surface area contributed by atoms with Gasteiger partial charge in [-0.1, -0.05) is 24.3 Å². The highest BCUT2D eigenvalue weighted by molar-refractivity contribution is 5.79. The maximum Gasteiger partial charge on any atom is 0.225 e. The first-order valence-corrected chi connectivity index (χ1v) is 9.42. The van der Waals surface area contributed by atoms with Gasteiger partial charge in [0.15, 0.2) is 0 Å². The van der Waals surface area contributed by atoms with Crippen LogP contribution in [0.5, 0.6) is 0 Å². The van der Waals surface area contributed by atoms with Crippen LogP contribution in [0.25, 0.3) is 0 Å². The predicted octanol–water partition coefficient (Wildman–Crippen LogP) is 2.07. The lowest BCUT2D eigenvalue weighted by atomic mass is 10.0. The first-order valence-electron chi connectivity index (χ1n) is 9.42. The molecule has 1 aliphatic heterocycles. The molecule has 2 aliphatic rings. The molecule has 1 saturated carbocycles. The molecule has 0 radical (unpaired) electrons. The molecule has 25 heavy (non-hydrogen) atoms. The number of hydrogen-bond acceptors (Lipinski definition) is 4. The fourth-order valence-electron chi connectivity index (χ4n) is 4.00. The predicted molar refractivity (Wildman–Crippen MR) is 96.9 cm³/mol. The van der Waals surface area contributed by atoms with Crippen molar-refractivity contribution in [3.8, 4) is 0 Å². The van der Waals surface area contributed by atoms with Gasteiger partial charge in [0.05, 0.1) is 24.2 Å². The summed E-state index contributed by atoms with van der Waals surface area (Å²) in [5, 5.41) is 12.8. The fourth-order valence-corrected chi connectivity index (χ4v) is 4.00. The lowest BCUT2D eigenvalue weighted by Gasteiger charge is -2.35. The SMILES string of the molecule is CC1CN(Cc2ccc(CNC(=O)C3CCCC3O)cc2)CC(C)O1. The molecule has 0 aromatic heterocycles. The summed E-state index contributed by atoms with van der Waals surface area (Å²) in [5.41, 5.74) is 2.37. The van der Waals surface area contributed by atoms with Gasteiger partial charge in [0.2, 0.25) is 5.91 Å². The zero-order chi connectivity index (χ0) is 17.8. The summed E-state index contributed by atoms with van der Waals surface area (Å²) in [6, 6.07) is 8.43. The van der Waals surface area contributed by atoms with Crippen LogP contribution in [0.3, 0.4) is 0 Å². The number of ether oxygens (including phenoxy) is 1. The topological polar surface area (TPSA) is 61.8 Å². The Kier molecular flexibility index (Phi) is 6.10. The molecule has 2 N–H and O–H groups in total. The Hall–Kier alpha value is -1.43. The van der Waals surface area contributed by atoms with E-state index in [1.165, 1.54) is 5.56 Å². The van der Waals surface area contributed by atoms with Crippen molar-refractivity contribution in [3.63, 3.8) is 0 Å². The second-order valence-corrected chi connectivity index (χ2v) is 7.59. The molecule has 3 rings (SSSR count). The molecule has 1 amide bonds. The van der Waals surface area contributed by atoms with Gasteiger partial charge in [-0.25, -0.2) is 0 Å². The van der Waals surface area contributed by atoms with Gasteiger partial charge in [0, 0.05) is 26.2 Å². The van der Waals surface area contributed by atoms with E-state index in [-0.39, 0.29) is 24.0 Å². The van der Waals surface area contributed by atoms with Gasteiger partial charge in [-0.05, 0) is 44.2 Å². The number of nitrogens with zero attached hydrogens (tertiary/aromatic N) is 1. The van der Waals surface area contributed by atoms with Gasteiger partial charge in [-0.2, -0.15) is 0 Å². The van der Waals surface area contributed by atoms with E-state index in [1.807, 2.05) is 0 Å². The first kappa shape index (κ1) is 18.4. The average Bonchev–Trinajstić information content (AvgIpc) is 2.99. The number of aliphatic hydroxyl groups excluding tert-OH is 1. The molecule has 2 fully saturated rings. The summed E-state index contributed by atoms with van der Waals surface area (Å²) < 4.78 is 5.78. The zero-order valence-corrected chi connectivity index (χ0v) is 15.3. The van der Waals surface area contributed by atoms with Crippen molar-refractivity contribution in [1.82, 2.24) is 10.2 Å². The van der Waals surface area contributed by atoms with E-state index in [9.17, 15) is 9.90 Å².